The van der Waals surface area contributed by atoms with Crippen LogP contribution < -0.4 is 14.5 Å². The largest absolute Gasteiger partial charge is 0.457 e. The number of fused-ring (bicyclic) bond motifs is 4. The summed E-state index contributed by atoms with van der Waals surface area (Å²) in [5.41, 5.74) is 14.1. The molecule has 0 saturated carbocycles. The zero-order valence-electron chi connectivity index (χ0n) is 41.8. The van der Waals surface area contributed by atoms with Crippen LogP contribution in [-0.2, 0) is 27.1 Å². The molecule has 0 saturated heterocycles. The van der Waals surface area contributed by atoms with Crippen molar-refractivity contribution in [3.63, 3.8) is 0 Å². The van der Waals surface area contributed by atoms with E-state index < -0.39 is 0 Å². The molecule has 0 spiro atoms. The van der Waals surface area contributed by atoms with Crippen molar-refractivity contribution in [2.75, 3.05) is 16.5 Å². The van der Waals surface area contributed by atoms with Crippen LogP contribution in [0.2, 0.25) is 0 Å². The number of nitrogens with zero attached hydrogens (tertiary/aromatic N) is 4. The number of benzene rings is 6. The van der Waals surface area contributed by atoms with E-state index in [0.717, 1.165) is 34.0 Å². The Balaban J connectivity index is 1.22. The monoisotopic (exact) mass is 873 g/mol. The summed E-state index contributed by atoms with van der Waals surface area (Å²) >= 11 is 0. The summed E-state index contributed by atoms with van der Waals surface area (Å²) in [7, 11) is 0. The normalized spacial score (nSPS) is 13.8. The molecule has 1 aliphatic heterocycles. The van der Waals surface area contributed by atoms with Crippen molar-refractivity contribution in [1.29, 1.82) is 0 Å². The van der Waals surface area contributed by atoms with Crippen LogP contribution in [0.15, 0.2) is 146 Å². The van der Waals surface area contributed by atoms with Gasteiger partial charge >= 0.3 is 0 Å². The van der Waals surface area contributed by atoms with Crippen molar-refractivity contribution in [1.82, 2.24) is 9.55 Å². The lowest BCUT2D eigenvalue weighted by molar-refractivity contribution is 0.480. The van der Waals surface area contributed by atoms with E-state index in [1.165, 1.54) is 61.2 Å². The van der Waals surface area contributed by atoms with E-state index in [1.54, 1.807) is 0 Å². The summed E-state index contributed by atoms with van der Waals surface area (Å²) in [5.74, 6) is 2.46. The second-order valence-corrected chi connectivity index (χ2v) is 23.2. The van der Waals surface area contributed by atoms with Crippen molar-refractivity contribution < 1.29 is 4.74 Å². The Morgan fingerprint density at radius 3 is 1.71 bits per heavy atom. The molecule has 8 aromatic rings. The maximum atomic E-state index is 7.16. The third-order valence-electron chi connectivity index (χ3n) is 13.8. The van der Waals surface area contributed by atoms with Crippen molar-refractivity contribution in [2.24, 2.45) is 0 Å². The second kappa shape index (κ2) is 15.9. The number of hydrogen-bond acceptors (Lipinski definition) is 4. The number of anilines is 4. The van der Waals surface area contributed by atoms with Crippen molar-refractivity contribution in [2.45, 2.75) is 124 Å². The predicted octanol–water partition coefficient (Wildman–Crippen LogP) is 16.7. The fraction of sp³-hybridized carbons (Fsp3) is 0.328. The Morgan fingerprint density at radius 1 is 0.409 bits per heavy atom. The van der Waals surface area contributed by atoms with Gasteiger partial charge in [0.2, 0.25) is 0 Å². The molecule has 0 aliphatic carbocycles. The molecule has 1 aliphatic rings. The van der Waals surface area contributed by atoms with Crippen LogP contribution in [0.5, 0.6) is 11.5 Å². The Bertz CT molecular complexity index is 3110. The number of aromatic nitrogens is 2. The highest BCUT2D eigenvalue weighted by molar-refractivity contribution is 6.10. The average Bonchev–Trinajstić information content (AvgIpc) is 3.81. The Morgan fingerprint density at radius 2 is 1.02 bits per heavy atom. The number of ether oxygens (including phenoxy) is 1. The Hall–Kier alpha value is -6.33. The maximum absolute atomic E-state index is 7.16. The minimum Gasteiger partial charge on any atom is -0.457 e. The maximum Gasteiger partial charge on any atom is 0.137 e. The zero-order valence-corrected chi connectivity index (χ0v) is 41.8. The van der Waals surface area contributed by atoms with Gasteiger partial charge in [-0.15, -0.1) is 0 Å². The van der Waals surface area contributed by atoms with Gasteiger partial charge in [0.05, 0.1) is 22.4 Å². The van der Waals surface area contributed by atoms with E-state index >= 15 is 0 Å². The van der Waals surface area contributed by atoms with Crippen LogP contribution in [0, 0.1) is 0 Å². The van der Waals surface area contributed by atoms with Crippen molar-refractivity contribution in [3.8, 4) is 17.3 Å². The molecule has 0 bridgehead atoms. The molecule has 0 amide bonds. The quantitative estimate of drug-likeness (QED) is 0.160. The molecule has 6 aromatic carbocycles. The summed E-state index contributed by atoms with van der Waals surface area (Å²) < 4.78 is 9.47. The second-order valence-electron chi connectivity index (χ2n) is 23.2. The average molecular weight is 873 g/mol. The lowest BCUT2D eigenvalue weighted by Gasteiger charge is -2.30. The van der Waals surface area contributed by atoms with Crippen LogP contribution >= 0.6 is 0 Å². The molecular formula is C61H68N4O. The van der Waals surface area contributed by atoms with E-state index in [4.69, 9.17) is 9.72 Å². The van der Waals surface area contributed by atoms with Crippen LogP contribution in [0.3, 0.4) is 0 Å². The minimum absolute atomic E-state index is 0.00395. The third-order valence-corrected chi connectivity index (χ3v) is 13.8. The zero-order chi connectivity index (χ0) is 47.1. The molecule has 0 N–H and O–H groups in total. The SMILES string of the molecule is CC(C)(C)c1cccc(N2CN(c3cc(Oc4ccc5c6cc(C(C)(C)C)ccc6n(-c6cc(C(C)(C)C)ccn6)c5c4)cc(C(C)(C)c4ccccc4)c3)c3cc(C(C)(C)C)ccc32)c1. The summed E-state index contributed by atoms with van der Waals surface area (Å²) in [4.78, 5) is 9.95. The van der Waals surface area contributed by atoms with E-state index in [2.05, 4.69) is 251 Å². The van der Waals surface area contributed by atoms with Gasteiger partial charge in [-0.05, 0) is 128 Å². The van der Waals surface area contributed by atoms with E-state index in [-0.39, 0.29) is 27.1 Å². The van der Waals surface area contributed by atoms with Crippen LogP contribution in [-0.4, -0.2) is 16.2 Å². The minimum atomic E-state index is -0.323. The van der Waals surface area contributed by atoms with E-state index in [1.807, 2.05) is 6.20 Å². The topological polar surface area (TPSA) is 33.5 Å². The molecule has 2 aromatic heterocycles. The van der Waals surface area contributed by atoms with Gasteiger partial charge in [0.1, 0.15) is 24.0 Å². The Labute approximate surface area is 394 Å². The van der Waals surface area contributed by atoms with Gasteiger partial charge in [-0.3, -0.25) is 4.57 Å². The van der Waals surface area contributed by atoms with Gasteiger partial charge in [-0.1, -0.05) is 152 Å². The van der Waals surface area contributed by atoms with Gasteiger partial charge < -0.3 is 14.5 Å². The number of rotatable bonds is 7. The molecule has 338 valence electrons. The summed E-state index contributed by atoms with van der Waals surface area (Å²) in [6.45, 7) is 32.7. The number of hydrogen-bond donors (Lipinski definition) is 0. The fourth-order valence-electron chi connectivity index (χ4n) is 9.41. The molecule has 5 heteroatoms. The highest BCUT2D eigenvalue weighted by Crippen LogP contribution is 2.49. The highest BCUT2D eigenvalue weighted by atomic mass is 16.5. The first-order valence-electron chi connectivity index (χ1n) is 23.7. The van der Waals surface area contributed by atoms with E-state index in [9.17, 15) is 0 Å². The van der Waals surface area contributed by atoms with Gasteiger partial charge in [-0.25, -0.2) is 4.98 Å². The van der Waals surface area contributed by atoms with Gasteiger partial charge in [0.15, 0.2) is 0 Å². The molecule has 0 atom stereocenters. The molecule has 0 unspecified atom stereocenters. The molecule has 3 heterocycles. The number of pyridine rings is 1. The standard InChI is InChI=1S/C61H68N4O/c1-57(2,3)41-21-18-22-46(31-41)63-39-64(55-35-43(59(7,8)9)24-28-53(55)63)47-32-45(61(13,14)40-19-16-15-17-20-40)33-49(37-47)66-48-25-26-50-51-34-42(58(4,5)6)23-27-52(51)65(54(50)38-48)56-36-44(29-30-62-56)60(10,11)12/h15-38H,39H2,1-14H3. The fourth-order valence-corrected chi connectivity index (χ4v) is 9.41. The van der Waals surface area contributed by atoms with Crippen LogP contribution in [0.4, 0.5) is 22.7 Å². The van der Waals surface area contributed by atoms with Crippen LogP contribution in [0.25, 0.3) is 27.6 Å². The van der Waals surface area contributed by atoms with Crippen molar-refractivity contribution in [3.05, 3.63) is 179 Å². The lowest BCUT2D eigenvalue weighted by atomic mass is 9.78. The van der Waals surface area contributed by atoms with Gasteiger partial charge in [0.25, 0.3) is 0 Å². The summed E-state index contributed by atoms with van der Waals surface area (Å²) in [6.07, 6.45) is 1.95. The predicted molar refractivity (Wildman–Crippen MR) is 280 cm³/mol. The van der Waals surface area contributed by atoms with Gasteiger partial charge in [0, 0.05) is 45.9 Å². The van der Waals surface area contributed by atoms with E-state index in [0.29, 0.717) is 6.67 Å². The Kier molecular flexibility index (Phi) is 10.8. The van der Waals surface area contributed by atoms with Gasteiger partial charge in [-0.2, -0.15) is 0 Å². The lowest BCUT2D eigenvalue weighted by Crippen LogP contribution is -2.25. The summed E-state index contributed by atoms with van der Waals surface area (Å²) in [5, 5.41) is 2.38. The van der Waals surface area contributed by atoms with Crippen LogP contribution in [0.1, 0.15) is 130 Å². The molecule has 66 heavy (non-hydrogen) atoms. The first-order chi connectivity index (χ1) is 31.0. The smallest absolute Gasteiger partial charge is 0.137 e. The first-order valence-corrected chi connectivity index (χ1v) is 23.7. The van der Waals surface area contributed by atoms with Crippen molar-refractivity contribution >= 4 is 44.6 Å². The molecule has 0 fully saturated rings. The summed E-state index contributed by atoms with van der Waals surface area (Å²) in [6, 6.07) is 51.6. The molecule has 9 rings (SSSR count). The molecular weight excluding hydrogens is 805 g/mol. The highest BCUT2D eigenvalue weighted by Gasteiger charge is 2.33. The molecule has 0 radical (unpaired) electrons. The first kappa shape index (κ1) is 44.9. The third kappa shape index (κ3) is 8.38. The molecule has 5 nitrogen and oxygen atoms in total.